The molecule has 0 fully saturated rings. The Balaban J connectivity index is 2.18. The summed E-state index contributed by atoms with van der Waals surface area (Å²) < 4.78 is 5.68. The van der Waals surface area contributed by atoms with Crippen LogP contribution in [-0.4, -0.2) is 21.0 Å². The summed E-state index contributed by atoms with van der Waals surface area (Å²) >= 11 is 6.15. The molecule has 0 atom stereocenters. The SMILES string of the molecule is CC(=O)c1c(O)nc2c(Cl)cc(Oc3ccccc3)cc2c1O. The molecule has 3 aromatic rings. The summed E-state index contributed by atoms with van der Waals surface area (Å²) in [7, 11) is 0. The summed E-state index contributed by atoms with van der Waals surface area (Å²) in [6.45, 7) is 1.23. The number of halogens is 1. The first kappa shape index (κ1) is 15.1. The number of nitrogens with zero attached hydrogens (tertiary/aromatic N) is 1. The summed E-state index contributed by atoms with van der Waals surface area (Å²) in [5, 5.41) is 20.5. The molecule has 1 heterocycles. The average molecular weight is 330 g/mol. The number of ketones is 1. The van der Waals surface area contributed by atoms with Crippen LogP contribution in [0.25, 0.3) is 10.9 Å². The highest BCUT2D eigenvalue weighted by Crippen LogP contribution is 2.39. The number of pyridine rings is 1. The maximum absolute atomic E-state index is 11.6. The molecule has 3 rings (SSSR count). The van der Waals surface area contributed by atoms with Crippen LogP contribution in [0.15, 0.2) is 42.5 Å². The van der Waals surface area contributed by atoms with Crippen LogP contribution in [-0.2, 0) is 0 Å². The van der Waals surface area contributed by atoms with Crippen LogP contribution in [0.5, 0.6) is 23.1 Å². The zero-order valence-electron chi connectivity index (χ0n) is 12.1. The molecule has 116 valence electrons. The molecule has 0 saturated carbocycles. The molecule has 1 aromatic heterocycles. The van der Waals surface area contributed by atoms with Crippen LogP contribution in [0.1, 0.15) is 17.3 Å². The number of hydrogen-bond acceptors (Lipinski definition) is 5. The third-order valence-electron chi connectivity index (χ3n) is 3.30. The van der Waals surface area contributed by atoms with Crippen molar-refractivity contribution in [3.63, 3.8) is 0 Å². The van der Waals surface area contributed by atoms with E-state index in [0.29, 0.717) is 11.5 Å². The third-order valence-corrected chi connectivity index (χ3v) is 3.59. The minimum atomic E-state index is -0.555. The van der Waals surface area contributed by atoms with Crippen LogP contribution in [0.3, 0.4) is 0 Å². The highest BCUT2D eigenvalue weighted by atomic mass is 35.5. The van der Waals surface area contributed by atoms with E-state index in [2.05, 4.69) is 4.98 Å². The molecule has 0 aliphatic carbocycles. The van der Waals surface area contributed by atoms with E-state index in [1.54, 1.807) is 12.1 Å². The minimum Gasteiger partial charge on any atom is -0.506 e. The van der Waals surface area contributed by atoms with Crippen molar-refractivity contribution in [3.8, 4) is 23.1 Å². The lowest BCUT2D eigenvalue weighted by atomic mass is 10.1. The van der Waals surface area contributed by atoms with Gasteiger partial charge in [-0.15, -0.1) is 0 Å². The lowest BCUT2D eigenvalue weighted by Crippen LogP contribution is -1.97. The Hall–Kier alpha value is -2.79. The Morgan fingerprint density at radius 1 is 1.13 bits per heavy atom. The Bertz CT molecular complexity index is 910. The number of rotatable bonds is 3. The second-order valence-corrected chi connectivity index (χ2v) is 5.34. The molecule has 0 amide bonds. The van der Waals surface area contributed by atoms with Gasteiger partial charge in [0.05, 0.1) is 10.5 Å². The molecule has 0 unspecified atom stereocenters. The molecule has 23 heavy (non-hydrogen) atoms. The van der Waals surface area contributed by atoms with Gasteiger partial charge in [0.25, 0.3) is 0 Å². The predicted octanol–water partition coefficient (Wildman–Crippen LogP) is 4.29. The summed E-state index contributed by atoms with van der Waals surface area (Å²) in [5.74, 6) is -0.451. The number of carbonyl (C=O) groups is 1. The predicted molar refractivity (Wildman–Crippen MR) is 86.6 cm³/mol. The Kier molecular flexibility index (Phi) is 3.80. The molecule has 0 aliphatic rings. The summed E-state index contributed by atoms with van der Waals surface area (Å²) in [5.41, 5.74) is -0.0579. The van der Waals surface area contributed by atoms with Gasteiger partial charge in [0.15, 0.2) is 5.78 Å². The van der Waals surface area contributed by atoms with Crippen LogP contribution in [0.2, 0.25) is 5.02 Å². The van der Waals surface area contributed by atoms with E-state index in [0.717, 1.165) is 0 Å². The van der Waals surface area contributed by atoms with E-state index < -0.39 is 11.7 Å². The largest absolute Gasteiger partial charge is 0.506 e. The minimum absolute atomic E-state index is 0.187. The fourth-order valence-corrected chi connectivity index (χ4v) is 2.53. The third kappa shape index (κ3) is 2.78. The van der Waals surface area contributed by atoms with Gasteiger partial charge in [0.2, 0.25) is 5.88 Å². The van der Waals surface area contributed by atoms with Gasteiger partial charge in [-0.25, -0.2) is 4.98 Å². The number of hydrogen-bond donors (Lipinski definition) is 2. The molecule has 5 nitrogen and oxygen atoms in total. The van der Waals surface area contributed by atoms with Crippen molar-refractivity contribution in [1.82, 2.24) is 4.98 Å². The van der Waals surface area contributed by atoms with Gasteiger partial charge in [0.1, 0.15) is 22.8 Å². The molecule has 2 N–H and O–H groups in total. The number of carbonyl (C=O) groups excluding carboxylic acids is 1. The normalized spacial score (nSPS) is 10.7. The highest BCUT2D eigenvalue weighted by Gasteiger charge is 2.20. The summed E-state index contributed by atoms with van der Waals surface area (Å²) in [6.07, 6.45) is 0. The van der Waals surface area contributed by atoms with Crippen LogP contribution < -0.4 is 4.74 Å². The lowest BCUT2D eigenvalue weighted by Gasteiger charge is -2.11. The standard InChI is InChI=1S/C17H12ClNO4/c1-9(20)14-16(21)12-7-11(23-10-5-3-2-4-6-10)8-13(18)15(12)19-17(14)22/h2-8H,1H3,(H2,19,21,22). The number of para-hydroxylation sites is 1. The molecule has 0 aliphatic heterocycles. The van der Waals surface area contributed by atoms with Crippen LogP contribution >= 0.6 is 11.6 Å². The van der Waals surface area contributed by atoms with Crippen molar-refractivity contribution in [2.75, 3.05) is 0 Å². The van der Waals surface area contributed by atoms with E-state index in [1.165, 1.54) is 19.1 Å². The molecule has 0 spiro atoms. The quantitative estimate of drug-likeness (QED) is 0.700. The first-order chi connectivity index (χ1) is 11.0. The van der Waals surface area contributed by atoms with E-state index in [9.17, 15) is 15.0 Å². The number of fused-ring (bicyclic) bond motifs is 1. The zero-order chi connectivity index (χ0) is 16.6. The Morgan fingerprint density at radius 3 is 2.48 bits per heavy atom. The van der Waals surface area contributed by atoms with Crippen LogP contribution in [0.4, 0.5) is 0 Å². The fourth-order valence-electron chi connectivity index (χ4n) is 2.28. The second-order valence-electron chi connectivity index (χ2n) is 4.93. The van der Waals surface area contributed by atoms with Crippen molar-refractivity contribution in [3.05, 3.63) is 53.1 Å². The number of benzene rings is 2. The van der Waals surface area contributed by atoms with Crippen molar-refractivity contribution in [1.29, 1.82) is 0 Å². The Labute approximate surface area is 136 Å². The summed E-state index contributed by atoms with van der Waals surface area (Å²) in [4.78, 5) is 15.5. The molecule has 2 aromatic carbocycles. The first-order valence-electron chi connectivity index (χ1n) is 6.76. The number of aromatic hydroxyl groups is 2. The van der Waals surface area contributed by atoms with Gasteiger partial charge in [-0.3, -0.25) is 4.79 Å². The van der Waals surface area contributed by atoms with E-state index in [1.807, 2.05) is 18.2 Å². The van der Waals surface area contributed by atoms with Gasteiger partial charge >= 0.3 is 0 Å². The average Bonchev–Trinajstić information content (AvgIpc) is 2.49. The van der Waals surface area contributed by atoms with E-state index in [4.69, 9.17) is 16.3 Å². The maximum atomic E-state index is 11.6. The lowest BCUT2D eigenvalue weighted by molar-refractivity contribution is 0.101. The van der Waals surface area contributed by atoms with Crippen molar-refractivity contribution in [2.45, 2.75) is 6.92 Å². The van der Waals surface area contributed by atoms with Crippen LogP contribution in [0, 0.1) is 0 Å². The fraction of sp³-hybridized carbons (Fsp3) is 0.0588. The topological polar surface area (TPSA) is 79.7 Å². The monoisotopic (exact) mass is 329 g/mol. The maximum Gasteiger partial charge on any atom is 0.226 e. The molecule has 0 radical (unpaired) electrons. The van der Waals surface area contributed by atoms with Gasteiger partial charge in [0, 0.05) is 11.5 Å². The molecule has 0 saturated heterocycles. The zero-order valence-corrected chi connectivity index (χ0v) is 12.8. The summed E-state index contributed by atoms with van der Waals surface area (Å²) in [6, 6.07) is 12.1. The van der Waals surface area contributed by atoms with E-state index in [-0.39, 0.29) is 27.2 Å². The van der Waals surface area contributed by atoms with Gasteiger partial charge in [-0.2, -0.15) is 0 Å². The number of aromatic nitrogens is 1. The Morgan fingerprint density at radius 2 is 1.83 bits per heavy atom. The number of Topliss-reactive ketones (excluding diaryl/α,β-unsaturated/α-hetero) is 1. The van der Waals surface area contributed by atoms with Gasteiger partial charge in [-0.1, -0.05) is 29.8 Å². The van der Waals surface area contributed by atoms with Gasteiger partial charge < -0.3 is 14.9 Å². The first-order valence-corrected chi connectivity index (χ1v) is 7.14. The molecule has 0 bridgehead atoms. The molecule has 6 heteroatoms. The highest BCUT2D eigenvalue weighted by molar-refractivity contribution is 6.35. The molecular formula is C17H12ClNO4. The van der Waals surface area contributed by atoms with Crippen molar-refractivity contribution in [2.24, 2.45) is 0 Å². The molecular weight excluding hydrogens is 318 g/mol. The smallest absolute Gasteiger partial charge is 0.226 e. The van der Waals surface area contributed by atoms with Crippen molar-refractivity contribution >= 4 is 28.3 Å². The van der Waals surface area contributed by atoms with Gasteiger partial charge in [-0.05, 0) is 25.1 Å². The van der Waals surface area contributed by atoms with Crippen molar-refractivity contribution < 1.29 is 19.7 Å². The van der Waals surface area contributed by atoms with E-state index >= 15 is 0 Å². The number of ether oxygens (including phenoxy) is 1. The second kappa shape index (κ2) is 5.78.